The van der Waals surface area contributed by atoms with E-state index >= 15 is 0 Å². The molecule has 1 aliphatic carbocycles. The second kappa shape index (κ2) is 6.24. The van der Waals surface area contributed by atoms with Gasteiger partial charge in [0.05, 0.1) is 11.1 Å². The summed E-state index contributed by atoms with van der Waals surface area (Å²) in [7, 11) is 0. The summed E-state index contributed by atoms with van der Waals surface area (Å²) in [6.07, 6.45) is 5.71. The molecule has 1 saturated carbocycles. The van der Waals surface area contributed by atoms with Crippen molar-refractivity contribution in [1.29, 1.82) is 0 Å². The molecule has 1 aromatic heterocycles. The van der Waals surface area contributed by atoms with E-state index in [1.54, 1.807) is 10.9 Å². The summed E-state index contributed by atoms with van der Waals surface area (Å²) in [6, 6.07) is 9.56. The quantitative estimate of drug-likeness (QED) is 0.855. The minimum Gasteiger partial charge on any atom is -0.481 e. The molecular formula is C17H19N3O3. The Kier molecular flexibility index (Phi) is 4.14. The third kappa shape index (κ3) is 3.26. The van der Waals surface area contributed by atoms with Crippen LogP contribution in [0.2, 0.25) is 0 Å². The molecule has 1 aliphatic rings. The van der Waals surface area contributed by atoms with E-state index in [4.69, 9.17) is 0 Å². The van der Waals surface area contributed by atoms with Crippen molar-refractivity contribution in [1.82, 2.24) is 15.1 Å². The number of benzene rings is 1. The van der Waals surface area contributed by atoms with Crippen LogP contribution in [0.5, 0.6) is 0 Å². The predicted octanol–water partition coefficient (Wildman–Crippen LogP) is 2.13. The number of hydrogen-bond acceptors (Lipinski definition) is 3. The Labute approximate surface area is 134 Å². The molecule has 23 heavy (non-hydrogen) atoms. The molecular weight excluding hydrogens is 294 g/mol. The zero-order chi connectivity index (χ0) is 16.3. The molecule has 0 atom stereocenters. The number of carboxylic acids is 1. The van der Waals surface area contributed by atoms with Crippen LogP contribution in [0.4, 0.5) is 0 Å². The number of rotatable bonds is 6. The zero-order valence-corrected chi connectivity index (χ0v) is 12.7. The van der Waals surface area contributed by atoms with E-state index < -0.39 is 11.4 Å². The van der Waals surface area contributed by atoms with Crippen LogP contribution in [-0.2, 0) is 16.1 Å². The first-order valence-corrected chi connectivity index (χ1v) is 7.68. The summed E-state index contributed by atoms with van der Waals surface area (Å²) in [5.74, 6) is -1.06. The lowest BCUT2D eigenvalue weighted by Gasteiger charge is -2.36. The highest BCUT2D eigenvalue weighted by Gasteiger charge is 2.45. The largest absolute Gasteiger partial charge is 0.481 e. The summed E-state index contributed by atoms with van der Waals surface area (Å²) in [5, 5.41) is 16.2. The van der Waals surface area contributed by atoms with Crippen LogP contribution in [-0.4, -0.2) is 26.8 Å². The van der Waals surface area contributed by atoms with Crippen LogP contribution in [0.1, 0.15) is 31.2 Å². The third-order valence-electron chi connectivity index (χ3n) is 4.46. The molecule has 0 unspecified atom stereocenters. The van der Waals surface area contributed by atoms with E-state index in [1.807, 2.05) is 36.5 Å². The second-order valence-corrected chi connectivity index (χ2v) is 6.01. The molecule has 6 nitrogen and oxygen atoms in total. The molecule has 120 valence electrons. The van der Waals surface area contributed by atoms with E-state index in [9.17, 15) is 14.7 Å². The SMILES string of the molecule is O=C(CC1(C(=O)O)CCC1)NCc1ccc(-n2cccn2)cc1. The van der Waals surface area contributed by atoms with Crippen molar-refractivity contribution in [3.63, 3.8) is 0 Å². The average Bonchev–Trinajstić information content (AvgIpc) is 3.03. The predicted molar refractivity (Wildman–Crippen MR) is 83.9 cm³/mol. The number of carboxylic acid groups (broad SMARTS) is 1. The summed E-state index contributed by atoms with van der Waals surface area (Å²) in [4.78, 5) is 23.3. The zero-order valence-electron chi connectivity index (χ0n) is 12.7. The number of nitrogens with one attached hydrogen (secondary N) is 1. The highest BCUT2D eigenvalue weighted by Crippen LogP contribution is 2.44. The van der Waals surface area contributed by atoms with Crippen molar-refractivity contribution in [3.05, 3.63) is 48.3 Å². The van der Waals surface area contributed by atoms with Gasteiger partial charge in [0.25, 0.3) is 0 Å². The van der Waals surface area contributed by atoms with Gasteiger partial charge in [0, 0.05) is 25.4 Å². The maximum absolute atomic E-state index is 12.0. The molecule has 1 amide bonds. The normalized spacial score (nSPS) is 15.7. The lowest BCUT2D eigenvalue weighted by atomic mass is 9.66. The number of amides is 1. The monoisotopic (exact) mass is 313 g/mol. The van der Waals surface area contributed by atoms with Crippen molar-refractivity contribution in [2.24, 2.45) is 5.41 Å². The van der Waals surface area contributed by atoms with Crippen molar-refractivity contribution < 1.29 is 14.7 Å². The van der Waals surface area contributed by atoms with E-state index in [0.717, 1.165) is 17.7 Å². The van der Waals surface area contributed by atoms with Gasteiger partial charge in [-0.05, 0) is 36.6 Å². The maximum Gasteiger partial charge on any atom is 0.310 e. The molecule has 3 rings (SSSR count). The van der Waals surface area contributed by atoms with Crippen LogP contribution in [0.15, 0.2) is 42.7 Å². The van der Waals surface area contributed by atoms with Crippen molar-refractivity contribution >= 4 is 11.9 Å². The van der Waals surface area contributed by atoms with Gasteiger partial charge in [-0.15, -0.1) is 0 Å². The first-order chi connectivity index (χ1) is 11.1. The van der Waals surface area contributed by atoms with Gasteiger partial charge in [-0.2, -0.15) is 5.10 Å². The average molecular weight is 313 g/mol. The highest BCUT2D eigenvalue weighted by molar-refractivity contribution is 5.85. The minimum atomic E-state index is -0.859. The molecule has 1 fully saturated rings. The maximum atomic E-state index is 12.0. The van der Waals surface area contributed by atoms with Crippen molar-refractivity contribution in [2.45, 2.75) is 32.2 Å². The van der Waals surface area contributed by atoms with Gasteiger partial charge in [0.2, 0.25) is 5.91 Å². The van der Waals surface area contributed by atoms with E-state index in [0.29, 0.717) is 19.4 Å². The highest BCUT2D eigenvalue weighted by atomic mass is 16.4. The lowest BCUT2D eigenvalue weighted by Crippen LogP contribution is -2.42. The van der Waals surface area contributed by atoms with Crippen LogP contribution in [0, 0.1) is 5.41 Å². The smallest absolute Gasteiger partial charge is 0.310 e. The number of aliphatic carboxylic acids is 1. The third-order valence-corrected chi connectivity index (χ3v) is 4.46. The van der Waals surface area contributed by atoms with Gasteiger partial charge in [-0.1, -0.05) is 18.6 Å². The first-order valence-electron chi connectivity index (χ1n) is 7.68. The summed E-state index contributed by atoms with van der Waals surface area (Å²) < 4.78 is 1.76. The molecule has 0 spiro atoms. The number of carbonyl (C=O) groups is 2. The van der Waals surface area contributed by atoms with Crippen molar-refractivity contribution in [2.75, 3.05) is 0 Å². The van der Waals surface area contributed by atoms with E-state index in [2.05, 4.69) is 10.4 Å². The Balaban J connectivity index is 1.54. The summed E-state index contributed by atoms with van der Waals surface area (Å²) >= 11 is 0. The van der Waals surface area contributed by atoms with Gasteiger partial charge in [-0.25, -0.2) is 4.68 Å². The molecule has 0 radical (unpaired) electrons. The Morgan fingerprint density at radius 1 is 1.26 bits per heavy atom. The molecule has 0 saturated heterocycles. The Hall–Kier alpha value is -2.63. The lowest BCUT2D eigenvalue weighted by molar-refractivity contribution is -0.157. The second-order valence-electron chi connectivity index (χ2n) is 6.01. The van der Waals surface area contributed by atoms with Gasteiger partial charge >= 0.3 is 5.97 Å². The standard InChI is InChI=1S/C17H19N3O3/c21-15(11-17(16(22)23)7-1-8-17)18-12-13-3-5-14(6-4-13)20-10-2-9-19-20/h2-6,9-10H,1,7-8,11-12H2,(H,18,21)(H,22,23). The minimum absolute atomic E-state index is 0.0632. The number of carbonyl (C=O) groups excluding carboxylic acids is 1. The fraction of sp³-hybridized carbons (Fsp3) is 0.353. The van der Waals surface area contributed by atoms with Crippen LogP contribution >= 0.6 is 0 Å². The van der Waals surface area contributed by atoms with Crippen LogP contribution < -0.4 is 5.32 Å². The first kappa shape index (κ1) is 15.3. The van der Waals surface area contributed by atoms with Gasteiger partial charge in [0.1, 0.15) is 0 Å². The van der Waals surface area contributed by atoms with E-state index in [-0.39, 0.29) is 12.3 Å². The molecule has 1 heterocycles. The van der Waals surface area contributed by atoms with Crippen molar-refractivity contribution in [3.8, 4) is 5.69 Å². The van der Waals surface area contributed by atoms with Gasteiger partial charge in [-0.3, -0.25) is 9.59 Å². The summed E-state index contributed by atoms with van der Waals surface area (Å²) in [5.41, 5.74) is 1.07. The topological polar surface area (TPSA) is 84.2 Å². The molecule has 1 aromatic carbocycles. The van der Waals surface area contributed by atoms with Gasteiger partial charge < -0.3 is 10.4 Å². The molecule has 2 aromatic rings. The summed E-state index contributed by atoms with van der Waals surface area (Å²) in [6.45, 7) is 0.397. The van der Waals surface area contributed by atoms with Crippen LogP contribution in [0.25, 0.3) is 5.69 Å². The fourth-order valence-electron chi connectivity index (χ4n) is 2.83. The molecule has 2 N–H and O–H groups in total. The number of hydrogen-bond donors (Lipinski definition) is 2. The van der Waals surface area contributed by atoms with Crippen LogP contribution in [0.3, 0.4) is 0 Å². The molecule has 6 heteroatoms. The molecule has 0 bridgehead atoms. The van der Waals surface area contributed by atoms with Gasteiger partial charge in [0.15, 0.2) is 0 Å². The Morgan fingerprint density at radius 3 is 2.52 bits per heavy atom. The Bertz CT molecular complexity index is 688. The Morgan fingerprint density at radius 2 is 2.00 bits per heavy atom. The fourth-order valence-corrected chi connectivity index (χ4v) is 2.83. The number of aromatic nitrogens is 2. The van der Waals surface area contributed by atoms with E-state index in [1.165, 1.54) is 0 Å². The molecule has 0 aliphatic heterocycles. The number of nitrogens with zero attached hydrogens (tertiary/aromatic N) is 2.